The molecule has 21 heavy (non-hydrogen) atoms. The zero-order chi connectivity index (χ0) is 15.7. The first-order valence-electron chi connectivity index (χ1n) is 7.60. The van der Waals surface area contributed by atoms with Gasteiger partial charge in [-0.25, -0.2) is 0 Å². The van der Waals surface area contributed by atoms with Crippen LogP contribution in [-0.4, -0.2) is 30.8 Å². The fourth-order valence-corrected chi connectivity index (χ4v) is 1.97. The average Bonchev–Trinajstić information content (AvgIpc) is 2.47. The van der Waals surface area contributed by atoms with E-state index in [1.807, 2.05) is 39.0 Å². The summed E-state index contributed by atoms with van der Waals surface area (Å²) in [7, 11) is 0. The summed E-state index contributed by atoms with van der Waals surface area (Å²) in [6, 6.07) is 6.05. The molecule has 0 aliphatic heterocycles. The van der Waals surface area contributed by atoms with Crippen LogP contribution in [0.15, 0.2) is 18.2 Å². The lowest BCUT2D eigenvalue weighted by molar-refractivity contribution is -0.121. The number of carbonyl (C=O) groups is 1. The quantitative estimate of drug-likeness (QED) is 0.688. The van der Waals surface area contributed by atoms with Gasteiger partial charge < -0.3 is 15.2 Å². The van der Waals surface area contributed by atoms with Crippen molar-refractivity contribution in [2.75, 3.05) is 19.8 Å². The van der Waals surface area contributed by atoms with Gasteiger partial charge in [-0.3, -0.25) is 4.79 Å². The summed E-state index contributed by atoms with van der Waals surface area (Å²) in [6.07, 6.45) is 2.18. The van der Waals surface area contributed by atoms with Gasteiger partial charge in [-0.1, -0.05) is 19.1 Å². The van der Waals surface area contributed by atoms with Crippen molar-refractivity contribution in [1.29, 1.82) is 0 Å². The molecule has 0 bridgehead atoms. The number of hydrogen-bond donors (Lipinski definition) is 2. The molecule has 1 unspecified atom stereocenters. The maximum Gasteiger partial charge on any atom is 0.223 e. The van der Waals surface area contributed by atoms with Crippen LogP contribution in [0.3, 0.4) is 0 Å². The van der Waals surface area contributed by atoms with Gasteiger partial charge >= 0.3 is 0 Å². The maximum absolute atomic E-state index is 11.7. The smallest absolute Gasteiger partial charge is 0.223 e. The fourth-order valence-electron chi connectivity index (χ4n) is 1.97. The number of hydrogen-bond acceptors (Lipinski definition) is 3. The van der Waals surface area contributed by atoms with E-state index in [0.717, 1.165) is 29.7 Å². The third kappa shape index (κ3) is 7.14. The summed E-state index contributed by atoms with van der Waals surface area (Å²) >= 11 is 0. The minimum absolute atomic E-state index is 0.0111. The van der Waals surface area contributed by atoms with Gasteiger partial charge in [-0.05, 0) is 49.8 Å². The van der Waals surface area contributed by atoms with E-state index in [-0.39, 0.29) is 12.5 Å². The maximum atomic E-state index is 11.7. The molecule has 4 nitrogen and oxygen atoms in total. The van der Waals surface area contributed by atoms with Crippen molar-refractivity contribution in [3.8, 4) is 5.75 Å². The Bertz CT molecular complexity index is 446. The van der Waals surface area contributed by atoms with Crippen LogP contribution >= 0.6 is 0 Å². The summed E-state index contributed by atoms with van der Waals surface area (Å²) in [5, 5.41) is 11.8. The number of aliphatic hydroxyl groups excluding tert-OH is 1. The highest BCUT2D eigenvalue weighted by Gasteiger charge is 2.04. The molecular formula is C17H27NO3. The number of aliphatic hydroxyl groups is 1. The van der Waals surface area contributed by atoms with Crippen LogP contribution < -0.4 is 10.1 Å². The highest BCUT2D eigenvalue weighted by Crippen LogP contribution is 2.19. The van der Waals surface area contributed by atoms with Crippen LogP contribution in [0.1, 0.15) is 37.3 Å². The highest BCUT2D eigenvalue weighted by molar-refractivity contribution is 5.75. The molecule has 1 rings (SSSR count). The number of benzene rings is 1. The van der Waals surface area contributed by atoms with Crippen LogP contribution in [0, 0.1) is 19.8 Å². The number of ether oxygens (including phenoxy) is 1. The number of carbonyl (C=O) groups excluding carboxylic acids is 1. The second kappa shape index (κ2) is 9.40. The molecule has 2 N–H and O–H groups in total. The monoisotopic (exact) mass is 293 g/mol. The Labute approximate surface area is 127 Å². The number of nitrogens with one attached hydrogen (secondary N) is 1. The molecule has 0 saturated carbocycles. The summed E-state index contributed by atoms with van der Waals surface area (Å²) in [5.74, 6) is 1.16. The van der Waals surface area contributed by atoms with E-state index in [9.17, 15) is 4.79 Å². The molecule has 0 saturated heterocycles. The molecule has 0 aliphatic carbocycles. The molecule has 1 aromatic carbocycles. The molecule has 1 aromatic rings. The average molecular weight is 293 g/mol. The van der Waals surface area contributed by atoms with Crippen LogP contribution in [-0.2, 0) is 4.79 Å². The lowest BCUT2D eigenvalue weighted by Crippen LogP contribution is -2.26. The Hall–Kier alpha value is -1.55. The van der Waals surface area contributed by atoms with E-state index in [2.05, 4.69) is 5.32 Å². The largest absolute Gasteiger partial charge is 0.493 e. The number of aryl methyl sites for hydroxylation is 2. The Kier molecular flexibility index (Phi) is 7.83. The second-order valence-electron chi connectivity index (χ2n) is 5.65. The molecule has 1 atom stereocenters. The topological polar surface area (TPSA) is 58.6 Å². The van der Waals surface area contributed by atoms with Crippen molar-refractivity contribution in [3.63, 3.8) is 0 Å². The summed E-state index contributed by atoms with van der Waals surface area (Å²) in [4.78, 5) is 11.7. The van der Waals surface area contributed by atoms with E-state index >= 15 is 0 Å². The van der Waals surface area contributed by atoms with E-state index in [4.69, 9.17) is 9.84 Å². The van der Waals surface area contributed by atoms with Crippen LogP contribution in [0.25, 0.3) is 0 Å². The Morgan fingerprint density at radius 2 is 2.14 bits per heavy atom. The standard InChI is InChI=1S/C17H27NO3/c1-13-6-7-15(3)16(11-13)21-10-8-17(20)18-9-4-5-14(2)12-19/h6-7,11,14,19H,4-5,8-10,12H2,1-3H3,(H,18,20). The minimum atomic E-state index is 0.0111. The van der Waals surface area contributed by atoms with Crippen molar-refractivity contribution in [2.24, 2.45) is 5.92 Å². The lowest BCUT2D eigenvalue weighted by atomic mass is 10.1. The van der Waals surface area contributed by atoms with Gasteiger partial charge in [0, 0.05) is 13.2 Å². The van der Waals surface area contributed by atoms with Crippen LogP contribution in [0.5, 0.6) is 5.75 Å². The predicted octanol–water partition coefficient (Wildman–Crippen LogP) is 2.60. The Balaban J connectivity index is 2.17. The van der Waals surface area contributed by atoms with E-state index in [1.165, 1.54) is 0 Å². The molecule has 4 heteroatoms. The highest BCUT2D eigenvalue weighted by atomic mass is 16.5. The van der Waals surface area contributed by atoms with Crippen LogP contribution in [0.4, 0.5) is 0 Å². The van der Waals surface area contributed by atoms with Crippen LogP contribution in [0.2, 0.25) is 0 Å². The first-order chi connectivity index (χ1) is 10.0. The molecule has 1 amide bonds. The van der Waals surface area contributed by atoms with Gasteiger partial charge in [0.05, 0.1) is 13.0 Å². The molecule has 0 spiro atoms. The van der Waals surface area contributed by atoms with Gasteiger partial charge in [0.25, 0.3) is 0 Å². The fraction of sp³-hybridized carbons (Fsp3) is 0.588. The predicted molar refractivity (Wildman–Crippen MR) is 84.5 cm³/mol. The first-order valence-corrected chi connectivity index (χ1v) is 7.60. The zero-order valence-electron chi connectivity index (χ0n) is 13.3. The van der Waals surface area contributed by atoms with E-state index in [0.29, 0.717) is 25.5 Å². The lowest BCUT2D eigenvalue weighted by Gasteiger charge is -2.11. The molecule has 0 aromatic heterocycles. The molecule has 0 aliphatic rings. The van der Waals surface area contributed by atoms with Gasteiger partial charge in [0.2, 0.25) is 5.91 Å². The number of amides is 1. The number of rotatable bonds is 9. The third-order valence-corrected chi connectivity index (χ3v) is 3.44. The summed E-state index contributed by atoms with van der Waals surface area (Å²) in [5.41, 5.74) is 2.23. The molecule has 0 radical (unpaired) electrons. The SMILES string of the molecule is Cc1ccc(C)c(OCCC(=O)NCCCC(C)CO)c1. The van der Waals surface area contributed by atoms with Gasteiger partial charge in [-0.2, -0.15) is 0 Å². The van der Waals surface area contributed by atoms with E-state index in [1.54, 1.807) is 0 Å². The van der Waals surface area contributed by atoms with Crippen molar-refractivity contribution < 1.29 is 14.6 Å². The second-order valence-corrected chi connectivity index (χ2v) is 5.65. The van der Waals surface area contributed by atoms with Crippen molar-refractivity contribution in [2.45, 2.75) is 40.0 Å². The van der Waals surface area contributed by atoms with Crippen molar-refractivity contribution in [3.05, 3.63) is 29.3 Å². The molecular weight excluding hydrogens is 266 g/mol. The van der Waals surface area contributed by atoms with Gasteiger partial charge in [-0.15, -0.1) is 0 Å². The summed E-state index contributed by atoms with van der Waals surface area (Å²) < 4.78 is 5.66. The summed E-state index contributed by atoms with van der Waals surface area (Å²) in [6.45, 7) is 7.27. The Morgan fingerprint density at radius 1 is 1.38 bits per heavy atom. The molecule has 0 heterocycles. The first kappa shape index (κ1) is 17.5. The van der Waals surface area contributed by atoms with E-state index < -0.39 is 0 Å². The van der Waals surface area contributed by atoms with Crippen molar-refractivity contribution >= 4 is 5.91 Å². The molecule has 118 valence electrons. The normalized spacial score (nSPS) is 12.0. The Morgan fingerprint density at radius 3 is 2.86 bits per heavy atom. The third-order valence-electron chi connectivity index (χ3n) is 3.44. The molecule has 0 fully saturated rings. The minimum Gasteiger partial charge on any atom is -0.493 e. The zero-order valence-corrected chi connectivity index (χ0v) is 13.3. The van der Waals surface area contributed by atoms with Crippen molar-refractivity contribution in [1.82, 2.24) is 5.32 Å². The van der Waals surface area contributed by atoms with Gasteiger partial charge in [0.1, 0.15) is 5.75 Å². The van der Waals surface area contributed by atoms with Gasteiger partial charge in [0.15, 0.2) is 0 Å².